The molecule has 24 heteroatoms. The van der Waals surface area contributed by atoms with Crippen LogP contribution < -0.4 is 15.5 Å². The zero-order valence-corrected chi connectivity index (χ0v) is 46.4. The number of ether oxygens (including phenoxy) is 1. The molecule has 1 aliphatic carbocycles. The zero-order chi connectivity index (χ0) is 56.1. The van der Waals surface area contributed by atoms with Crippen molar-refractivity contribution in [2.45, 2.75) is 102 Å². The Bertz CT molecular complexity index is 3400. The Balaban J connectivity index is 1.51. The Hall–Kier alpha value is -5.60. The Labute approximate surface area is 445 Å². The molecule has 1 atom stereocenters. The largest absolute Gasteiger partial charge is 0.466 e. The number of allylic oxidation sites excluding steroid dienone is 8. The number of nitrogens with zero attached hydrogens (tertiary/aromatic N) is 2. The smallest absolute Gasteiger partial charge is 0.305 e. The second kappa shape index (κ2) is 23.6. The molecule has 1 unspecified atom stereocenters. The molecule has 0 radical (unpaired) electrons. The second-order valence-corrected chi connectivity index (χ2v) is 26.4. The predicted molar refractivity (Wildman–Crippen MR) is 288 cm³/mol. The predicted octanol–water partition coefficient (Wildman–Crippen LogP) is 6.13. The average Bonchev–Trinajstić information content (AvgIpc) is 3.67. The molecule has 3 aromatic carbocycles. The molecule has 0 saturated carbocycles. The Morgan fingerprint density at radius 1 is 0.724 bits per heavy atom. The van der Waals surface area contributed by atoms with Gasteiger partial charge in [0.2, 0.25) is 17.5 Å². The molecule has 3 aliphatic rings. The number of nitrogens with one attached hydrogen (secondary N) is 2. The average molecular weight is 1130 g/mol. The number of unbranched alkanes of at least 4 members (excludes halogenated alkanes) is 2. The van der Waals surface area contributed by atoms with Crippen LogP contribution in [0.2, 0.25) is 0 Å². The number of carbonyl (C=O) groups is 3. The number of hydrogen-bond donors (Lipinski definition) is 6. The summed E-state index contributed by atoms with van der Waals surface area (Å²) in [5, 5.41) is 7.37. The van der Waals surface area contributed by atoms with E-state index in [-0.39, 0.29) is 69.2 Å². The number of esters is 1. The maximum Gasteiger partial charge on any atom is 0.305 e. The lowest BCUT2D eigenvalue weighted by Gasteiger charge is -2.35. The van der Waals surface area contributed by atoms with E-state index in [1.807, 2.05) is 60.9 Å². The Morgan fingerprint density at radius 3 is 2.04 bits per heavy atom. The van der Waals surface area contributed by atoms with E-state index in [0.29, 0.717) is 47.4 Å². The zero-order valence-electron chi connectivity index (χ0n) is 43.1. The molecule has 6 N–H and O–H groups in total. The third-order valence-corrected chi connectivity index (χ3v) is 17.1. The minimum Gasteiger partial charge on any atom is -0.466 e. The fraction of sp³-hybridized carbons (Fsp3) is 0.462. The molecule has 2 aliphatic heterocycles. The van der Waals surface area contributed by atoms with E-state index >= 15 is 0 Å². The highest BCUT2D eigenvalue weighted by Crippen LogP contribution is 2.50. The fourth-order valence-electron chi connectivity index (χ4n) is 10.4. The summed E-state index contributed by atoms with van der Waals surface area (Å²) < 4.78 is 142. The van der Waals surface area contributed by atoms with Crippen LogP contribution in [0.15, 0.2) is 107 Å². The van der Waals surface area contributed by atoms with Crippen LogP contribution in [0.25, 0.3) is 10.8 Å². The molecule has 0 aromatic heterocycles. The monoisotopic (exact) mass is 1130 g/mol. The molecule has 2 amide bonds. The van der Waals surface area contributed by atoms with E-state index in [4.69, 9.17) is 4.74 Å². The first-order valence-corrected chi connectivity index (χ1v) is 31.1. The van der Waals surface area contributed by atoms with Crippen molar-refractivity contribution in [3.05, 3.63) is 113 Å². The summed E-state index contributed by atoms with van der Waals surface area (Å²) in [6.07, 6.45) is 9.80. The number of rotatable bonds is 24. The summed E-state index contributed by atoms with van der Waals surface area (Å²) in [7, 11) is -17.9. The van der Waals surface area contributed by atoms with Gasteiger partial charge in [-0.05, 0) is 111 Å². The van der Waals surface area contributed by atoms with Crippen molar-refractivity contribution in [3.63, 3.8) is 0 Å². The van der Waals surface area contributed by atoms with Gasteiger partial charge in [0.05, 0.1) is 34.2 Å². The highest BCUT2D eigenvalue weighted by molar-refractivity contribution is 7.86. The third kappa shape index (κ3) is 14.5. The van der Waals surface area contributed by atoms with Gasteiger partial charge < -0.3 is 20.3 Å². The highest BCUT2D eigenvalue weighted by atomic mass is 32.2. The van der Waals surface area contributed by atoms with E-state index in [9.17, 15) is 66.3 Å². The quantitative estimate of drug-likeness (QED) is 0.0193. The standard InChI is InChI=1S/C52H66N4O16S4/c1-6-72-46(57)16-8-7-11-25-53-48(58)52(49(59)54-26-31-75(66,67)68)34-36(17-23-44-50(2,3)41-33-39(76(69,70)71)20-22-42(41)55(44)27-12-29-73(60,61)62)32-37(35-52)18-24-45-51(4,5)47-40-15-10-9-14-38(40)19-21-43(47)56(45)28-13-30-74(63,64)65/h9-10,14-15,17-24,32-33H,6-8,11-13,16,25-31,34-35H2,1-5H3,(H5-,53,54,58,59,60,61,62,63,64,65,66,67,68,69,70,71)/p+1. The molecule has 0 spiro atoms. The molecular formula is C52H67N4O16S4+. The minimum atomic E-state index is -4.66. The molecule has 3 aromatic rings. The van der Waals surface area contributed by atoms with Crippen LogP contribution in [-0.2, 0) is 70.4 Å². The van der Waals surface area contributed by atoms with E-state index < -0.39 is 92.3 Å². The summed E-state index contributed by atoms with van der Waals surface area (Å²) >= 11 is 0. The first kappa shape index (κ1) is 59.6. The van der Waals surface area contributed by atoms with Crippen LogP contribution in [0.4, 0.5) is 11.4 Å². The number of benzene rings is 3. The number of fused-ring (bicyclic) bond motifs is 4. The number of amides is 2. The van der Waals surface area contributed by atoms with Gasteiger partial charge >= 0.3 is 5.97 Å². The molecule has 20 nitrogen and oxygen atoms in total. The van der Waals surface area contributed by atoms with Gasteiger partial charge in [0.15, 0.2) is 5.71 Å². The van der Waals surface area contributed by atoms with Crippen molar-refractivity contribution < 1.29 is 75.6 Å². The van der Waals surface area contributed by atoms with Crippen LogP contribution in [0.3, 0.4) is 0 Å². The molecule has 76 heavy (non-hydrogen) atoms. The normalized spacial score (nSPS) is 19.5. The van der Waals surface area contributed by atoms with Crippen molar-refractivity contribution in [1.29, 1.82) is 0 Å². The topological polar surface area (TPSA) is 308 Å². The summed E-state index contributed by atoms with van der Waals surface area (Å²) in [4.78, 5) is 43.0. The lowest BCUT2D eigenvalue weighted by Crippen LogP contribution is -2.53. The van der Waals surface area contributed by atoms with Crippen molar-refractivity contribution in [2.75, 3.05) is 54.9 Å². The van der Waals surface area contributed by atoms with Crippen molar-refractivity contribution in [2.24, 2.45) is 5.41 Å². The summed E-state index contributed by atoms with van der Waals surface area (Å²) in [6.45, 7) is 9.28. The van der Waals surface area contributed by atoms with Crippen molar-refractivity contribution in [3.8, 4) is 0 Å². The SMILES string of the molecule is CCOC(=O)CCCCCNC(=O)C1(C(=O)NCCS(=O)(=O)O)CC(=CC=C2N(CCCS(=O)(=O)O)c3ccc(S(=O)(=O)O)cc3C2(C)C)C=C(C=CC2=[N+](CCCS(=O)(=O)O)c3ccc4ccccc4c3C2(C)C)C1. The fourth-order valence-corrected chi connectivity index (χ4v) is 12.2. The van der Waals surface area contributed by atoms with Gasteiger partial charge in [0.25, 0.3) is 40.5 Å². The van der Waals surface area contributed by atoms with E-state index in [2.05, 4.69) is 10.6 Å². The Kier molecular flexibility index (Phi) is 18.5. The lowest BCUT2D eigenvalue weighted by atomic mass is 9.70. The van der Waals surface area contributed by atoms with Crippen molar-refractivity contribution in [1.82, 2.24) is 10.6 Å². The first-order chi connectivity index (χ1) is 35.4. The van der Waals surface area contributed by atoms with Gasteiger partial charge in [-0.1, -0.05) is 62.8 Å². The number of anilines is 1. The minimum absolute atomic E-state index is 0.0232. The van der Waals surface area contributed by atoms with Gasteiger partial charge in [0.1, 0.15) is 12.0 Å². The lowest BCUT2D eigenvalue weighted by molar-refractivity contribution is -0.437. The van der Waals surface area contributed by atoms with Gasteiger partial charge in [-0.3, -0.25) is 32.6 Å². The van der Waals surface area contributed by atoms with Gasteiger partial charge in [-0.2, -0.15) is 38.2 Å². The third-order valence-electron chi connectivity index (χ3n) is 13.9. The number of carbonyl (C=O) groups excluding carboxylic acids is 3. The highest BCUT2D eigenvalue weighted by Gasteiger charge is 2.49. The molecule has 0 fully saturated rings. The molecule has 6 rings (SSSR count). The Morgan fingerprint density at radius 2 is 1.38 bits per heavy atom. The maximum absolute atomic E-state index is 14.9. The molecule has 2 heterocycles. The first-order valence-electron chi connectivity index (χ1n) is 24.8. The van der Waals surface area contributed by atoms with E-state index in [0.717, 1.165) is 27.7 Å². The van der Waals surface area contributed by atoms with Gasteiger partial charge in [-0.25, -0.2) is 0 Å². The summed E-state index contributed by atoms with van der Waals surface area (Å²) in [6, 6.07) is 15.7. The van der Waals surface area contributed by atoms with Crippen LogP contribution in [0.1, 0.15) is 97.1 Å². The van der Waals surface area contributed by atoms with E-state index in [1.165, 1.54) is 18.2 Å². The molecule has 414 valence electrons. The molecule has 0 bridgehead atoms. The van der Waals surface area contributed by atoms with Crippen LogP contribution in [0, 0.1) is 5.41 Å². The molecular weight excluding hydrogens is 1060 g/mol. The van der Waals surface area contributed by atoms with Gasteiger partial charge in [0, 0.05) is 67.0 Å². The summed E-state index contributed by atoms with van der Waals surface area (Å²) in [5.74, 6) is -3.88. The second-order valence-electron chi connectivity index (χ2n) is 20.2. The van der Waals surface area contributed by atoms with Crippen LogP contribution in [0.5, 0.6) is 0 Å². The van der Waals surface area contributed by atoms with Gasteiger partial charge in [-0.15, -0.1) is 0 Å². The van der Waals surface area contributed by atoms with Crippen molar-refractivity contribution >= 4 is 86.1 Å². The van der Waals surface area contributed by atoms with Crippen LogP contribution >= 0.6 is 0 Å². The maximum atomic E-state index is 14.9. The number of hydrogen-bond acceptors (Lipinski definition) is 13. The molecule has 0 saturated heterocycles. The van der Waals surface area contributed by atoms with Crippen LogP contribution in [-0.4, -0.2) is 130 Å². The van der Waals surface area contributed by atoms with E-state index in [1.54, 1.807) is 50.0 Å². The summed E-state index contributed by atoms with van der Waals surface area (Å²) in [5.41, 5.74) is 1.08.